The van der Waals surface area contributed by atoms with Gasteiger partial charge in [0, 0.05) is 36.9 Å². The van der Waals surface area contributed by atoms with E-state index in [1.165, 1.54) is 11.3 Å². The number of halogens is 1. The standard InChI is InChI=1S/C18H18ClN3O3S/c19-13-3-1-4-14(11-13)21-6-8-22(9-7-21)16(23)12-20-18(25)17(24)15-5-2-10-26-15/h1-5,10-11H,6-9,12H2,(H,20,25). The Morgan fingerprint density at radius 2 is 1.85 bits per heavy atom. The van der Waals surface area contributed by atoms with Crippen LogP contribution in [0, 0.1) is 0 Å². The normalized spacial score (nSPS) is 14.2. The van der Waals surface area contributed by atoms with Crippen molar-refractivity contribution < 1.29 is 14.4 Å². The zero-order valence-electron chi connectivity index (χ0n) is 14.0. The van der Waals surface area contributed by atoms with E-state index < -0.39 is 11.7 Å². The van der Waals surface area contributed by atoms with Gasteiger partial charge in [0.15, 0.2) is 0 Å². The summed E-state index contributed by atoms with van der Waals surface area (Å²) in [7, 11) is 0. The van der Waals surface area contributed by atoms with Crippen molar-refractivity contribution in [1.82, 2.24) is 10.2 Å². The molecule has 1 aromatic heterocycles. The number of amides is 2. The Hall–Kier alpha value is -2.38. The number of carbonyl (C=O) groups is 3. The minimum absolute atomic E-state index is 0.173. The third-order valence-electron chi connectivity index (χ3n) is 4.16. The van der Waals surface area contributed by atoms with Gasteiger partial charge >= 0.3 is 0 Å². The highest BCUT2D eigenvalue weighted by Crippen LogP contribution is 2.20. The van der Waals surface area contributed by atoms with Gasteiger partial charge in [0.25, 0.3) is 11.7 Å². The minimum Gasteiger partial charge on any atom is -0.368 e. The number of piperazine rings is 1. The Balaban J connectivity index is 1.46. The third kappa shape index (κ3) is 4.42. The number of hydrogen-bond acceptors (Lipinski definition) is 5. The fraction of sp³-hybridized carbons (Fsp3) is 0.278. The number of nitrogens with zero attached hydrogens (tertiary/aromatic N) is 2. The molecule has 6 nitrogen and oxygen atoms in total. The first-order valence-corrected chi connectivity index (χ1v) is 9.44. The number of benzene rings is 1. The summed E-state index contributed by atoms with van der Waals surface area (Å²) in [6.07, 6.45) is 0. The highest BCUT2D eigenvalue weighted by molar-refractivity contribution is 7.13. The molecule has 0 radical (unpaired) electrons. The van der Waals surface area contributed by atoms with E-state index in [0.717, 1.165) is 5.69 Å². The van der Waals surface area contributed by atoms with E-state index in [1.54, 1.807) is 22.4 Å². The van der Waals surface area contributed by atoms with E-state index in [0.29, 0.717) is 36.1 Å². The maximum atomic E-state index is 12.3. The number of nitrogens with one attached hydrogen (secondary N) is 1. The number of carbonyl (C=O) groups excluding carboxylic acids is 3. The van der Waals surface area contributed by atoms with Crippen LogP contribution in [0.4, 0.5) is 5.69 Å². The lowest BCUT2D eigenvalue weighted by atomic mass is 10.2. The number of Topliss-reactive ketones (excluding diaryl/α,β-unsaturated/α-hetero) is 1. The van der Waals surface area contributed by atoms with Gasteiger partial charge in [-0.3, -0.25) is 14.4 Å². The van der Waals surface area contributed by atoms with Crippen LogP contribution in [0.2, 0.25) is 5.02 Å². The second-order valence-corrected chi connectivity index (χ2v) is 7.22. The molecule has 0 bridgehead atoms. The quantitative estimate of drug-likeness (QED) is 0.625. The molecule has 8 heteroatoms. The average molecular weight is 392 g/mol. The van der Waals surface area contributed by atoms with Crippen LogP contribution in [-0.2, 0) is 9.59 Å². The Morgan fingerprint density at radius 3 is 2.50 bits per heavy atom. The Labute approximate surface area is 160 Å². The van der Waals surface area contributed by atoms with Crippen LogP contribution in [0.15, 0.2) is 41.8 Å². The topological polar surface area (TPSA) is 69.7 Å². The molecule has 1 N–H and O–H groups in total. The summed E-state index contributed by atoms with van der Waals surface area (Å²) in [5.74, 6) is -1.56. The zero-order valence-corrected chi connectivity index (χ0v) is 15.6. The number of thiophene rings is 1. The number of hydrogen-bond donors (Lipinski definition) is 1. The van der Waals surface area contributed by atoms with Crippen LogP contribution in [0.1, 0.15) is 9.67 Å². The molecule has 2 aromatic rings. The summed E-state index contributed by atoms with van der Waals surface area (Å²) in [5, 5.41) is 4.82. The fourth-order valence-electron chi connectivity index (χ4n) is 2.75. The van der Waals surface area contributed by atoms with Crippen LogP contribution in [0.3, 0.4) is 0 Å². The molecule has 0 saturated carbocycles. The molecule has 26 heavy (non-hydrogen) atoms. The van der Waals surface area contributed by atoms with Crippen molar-refractivity contribution >= 4 is 46.2 Å². The van der Waals surface area contributed by atoms with Crippen LogP contribution < -0.4 is 10.2 Å². The van der Waals surface area contributed by atoms with E-state index in [1.807, 2.05) is 24.3 Å². The summed E-state index contributed by atoms with van der Waals surface area (Å²) >= 11 is 7.22. The first-order valence-electron chi connectivity index (χ1n) is 8.19. The summed E-state index contributed by atoms with van der Waals surface area (Å²) in [5.41, 5.74) is 1.03. The van der Waals surface area contributed by atoms with Gasteiger partial charge in [0.05, 0.1) is 11.4 Å². The smallest absolute Gasteiger partial charge is 0.293 e. The summed E-state index contributed by atoms with van der Waals surface area (Å²) < 4.78 is 0. The van der Waals surface area contributed by atoms with Gasteiger partial charge in [-0.1, -0.05) is 23.7 Å². The van der Waals surface area contributed by atoms with Crippen LogP contribution in [0.5, 0.6) is 0 Å². The molecule has 2 heterocycles. The maximum absolute atomic E-state index is 12.3. The molecule has 1 aromatic carbocycles. The molecule has 0 unspecified atom stereocenters. The van der Waals surface area contributed by atoms with Crippen molar-refractivity contribution in [3.05, 3.63) is 51.7 Å². The SMILES string of the molecule is O=C(NCC(=O)N1CCN(c2cccc(Cl)c2)CC1)C(=O)c1cccs1. The van der Waals surface area contributed by atoms with Crippen molar-refractivity contribution in [2.75, 3.05) is 37.6 Å². The lowest BCUT2D eigenvalue weighted by Gasteiger charge is -2.36. The van der Waals surface area contributed by atoms with Gasteiger partial charge in [-0.05, 0) is 29.6 Å². The van der Waals surface area contributed by atoms with Crippen molar-refractivity contribution in [2.45, 2.75) is 0 Å². The number of rotatable bonds is 5. The van der Waals surface area contributed by atoms with Gasteiger partial charge in [-0.15, -0.1) is 11.3 Å². The summed E-state index contributed by atoms with van der Waals surface area (Å²) in [6, 6.07) is 10.9. The molecule has 0 spiro atoms. The lowest BCUT2D eigenvalue weighted by molar-refractivity contribution is -0.132. The van der Waals surface area contributed by atoms with E-state index in [-0.39, 0.29) is 12.5 Å². The largest absolute Gasteiger partial charge is 0.368 e. The lowest BCUT2D eigenvalue weighted by Crippen LogP contribution is -2.51. The Kier molecular flexibility index (Phi) is 5.90. The highest BCUT2D eigenvalue weighted by Gasteiger charge is 2.23. The second kappa shape index (κ2) is 8.33. The number of ketones is 1. The molecule has 1 fully saturated rings. The zero-order chi connectivity index (χ0) is 18.5. The average Bonchev–Trinajstić information content (AvgIpc) is 3.20. The first-order chi connectivity index (χ1) is 12.5. The van der Waals surface area contributed by atoms with Crippen molar-refractivity contribution in [1.29, 1.82) is 0 Å². The fourth-order valence-corrected chi connectivity index (χ4v) is 3.60. The predicted octanol–water partition coefficient (Wildman–Crippen LogP) is 2.05. The first kappa shape index (κ1) is 18.4. The highest BCUT2D eigenvalue weighted by atomic mass is 35.5. The molecule has 136 valence electrons. The van der Waals surface area contributed by atoms with Crippen molar-refractivity contribution in [3.63, 3.8) is 0 Å². The molecule has 2 amide bonds. The van der Waals surface area contributed by atoms with Crippen molar-refractivity contribution in [3.8, 4) is 0 Å². The molecule has 1 aliphatic heterocycles. The van der Waals surface area contributed by atoms with E-state index in [4.69, 9.17) is 11.6 Å². The third-order valence-corrected chi connectivity index (χ3v) is 5.26. The number of anilines is 1. The molecule has 1 saturated heterocycles. The predicted molar refractivity (Wildman–Crippen MR) is 102 cm³/mol. The van der Waals surface area contributed by atoms with Crippen molar-refractivity contribution in [2.24, 2.45) is 0 Å². The molecular weight excluding hydrogens is 374 g/mol. The van der Waals surface area contributed by atoms with Crippen LogP contribution >= 0.6 is 22.9 Å². The van der Waals surface area contributed by atoms with Gasteiger partial charge in [0.1, 0.15) is 0 Å². The van der Waals surface area contributed by atoms with Crippen LogP contribution in [0.25, 0.3) is 0 Å². The van der Waals surface area contributed by atoms with Gasteiger partial charge in [0.2, 0.25) is 5.91 Å². The van der Waals surface area contributed by atoms with E-state index in [2.05, 4.69) is 10.2 Å². The van der Waals surface area contributed by atoms with Crippen LogP contribution in [-0.4, -0.2) is 55.2 Å². The molecule has 1 aliphatic rings. The minimum atomic E-state index is -0.752. The maximum Gasteiger partial charge on any atom is 0.293 e. The van der Waals surface area contributed by atoms with E-state index >= 15 is 0 Å². The molecule has 0 atom stereocenters. The second-order valence-electron chi connectivity index (χ2n) is 5.84. The van der Waals surface area contributed by atoms with Gasteiger partial charge in [-0.2, -0.15) is 0 Å². The Bertz CT molecular complexity index is 802. The molecule has 0 aliphatic carbocycles. The monoisotopic (exact) mass is 391 g/mol. The molecule has 3 rings (SSSR count). The molecular formula is C18H18ClN3O3S. The van der Waals surface area contributed by atoms with E-state index in [9.17, 15) is 14.4 Å². The summed E-state index contributed by atoms with van der Waals surface area (Å²) in [4.78, 5) is 40.2. The Morgan fingerprint density at radius 1 is 1.08 bits per heavy atom. The van der Waals surface area contributed by atoms with Gasteiger partial charge in [-0.25, -0.2) is 0 Å². The summed E-state index contributed by atoms with van der Waals surface area (Å²) in [6.45, 7) is 2.32. The van der Waals surface area contributed by atoms with Gasteiger partial charge < -0.3 is 15.1 Å².